The molecule has 1 aromatic rings. The molecule has 2 saturated carbocycles. The molecule has 200 valence electrons. The SMILES string of the molecule is CN[C@H]1CN(C(=O)[C@H](c2cc(N3CCN(C4CC4)CC3)ccc2C(N)=O)C2CCCC2)[C@@H]2C(=O)CO[C@H]12. The molecule has 3 heterocycles. The summed E-state index contributed by atoms with van der Waals surface area (Å²) in [6.07, 6.45) is 6.29. The fourth-order valence-electron chi connectivity index (χ4n) is 7.21. The Labute approximate surface area is 218 Å². The molecular formula is C28H39N5O4. The number of piperazine rings is 1. The molecule has 5 fully saturated rings. The summed E-state index contributed by atoms with van der Waals surface area (Å²) in [6, 6.07) is 5.93. The number of anilines is 1. The van der Waals surface area contributed by atoms with Crippen LogP contribution in [0.5, 0.6) is 0 Å². The first kappa shape index (κ1) is 24.8. The van der Waals surface area contributed by atoms with E-state index in [9.17, 15) is 14.4 Å². The van der Waals surface area contributed by atoms with Crippen molar-refractivity contribution >= 4 is 23.3 Å². The lowest BCUT2D eigenvalue weighted by molar-refractivity contribution is -0.138. The van der Waals surface area contributed by atoms with Crippen LogP contribution in [0.4, 0.5) is 5.69 Å². The number of amides is 2. The minimum Gasteiger partial charge on any atom is -0.369 e. The number of benzene rings is 1. The molecule has 0 bridgehead atoms. The predicted molar refractivity (Wildman–Crippen MR) is 140 cm³/mol. The average molecular weight is 510 g/mol. The van der Waals surface area contributed by atoms with Gasteiger partial charge in [0.25, 0.3) is 0 Å². The number of primary amides is 1. The topological polar surface area (TPSA) is 108 Å². The molecule has 6 rings (SSSR count). The Kier molecular flexibility index (Phi) is 6.71. The Balaban J connectivity index is 1.34. The number of fused-ring (bicyclic) bond motifs is 1. The van der Waals surface area contributed by atoms with Crippen LogP contribution in [0, 0.1) is 5.92 Å². The van der Waals surface area contributed by atoms with E-state index >= 15 is 0 Å². The molecule has 9 heteroatoms. The van der Waals surface area contributed by atoms with E-state index in [1.54, 1.807) is 4.90 Å². The number of likely N-dealkylation sites (tertiary alicyclic amines) is 1. The molecule has 3 N–H and O–H groups in total. The number of hydrogen-bond acceptors (Lipinski definition) is 7. The number of likely N-dealkylation sites (N-methyl/N-ethyl adjacent to an activating group) is 1. The summed E-state index contributed by atoms with van der Waals surface area (Å²) in [5, 5.41) is 3.23. The highest BCUT2D eigenvalue weighted by molar-refractivity contribution is 5.99. The molecule has 5 aliphatic rings. The van der Waals surface area contributed by atoms with Gasteiger partial charge in [-0.25, -0.2) is 0 Å². The summed E-state index contributed by atoms with van der Waals surface area (Å²) in [5.41, 5.74) is 8.06. The van der Waals surface area contributed by atoms with Crippen molar-refractivity contribution in [2.75, 3.05) is 51.3 Å². The maximum absolute atomic E-state index is 14.4. The zero-order chi connectivity index (χ0) is 25.7. The second-order valence-corrected chi connectivity index (χ2v) is 11.5. The van der Waals surface area contributed by atoms with Crippen molar-refractivity contribution in [1.82, 2.24) is 15.1 Å². The normalized spacial score (nSPS) is 29.6. The van der Waals surface area contributed by atoms with E-state index in [4.69, 9.17) is 10.5 Å². The summed E-state index contributed by atoms with van der Waals surface area (Å²) in [6.45, 7) is 4.40. The van der Waals surface area contributed by atoms with Crippen LogP contribution >= 0.6 is 0 Å². The van der Waals surface area contributed by atoms with E-state index in [0.29, 0.717) is 12.1 Å². The van der Waals surface area contributed by atoms with Crippen LogP contribution in [0.3, 0.4) is 0 Å². The third-order valence-corrected chi connectivity index (χ3v) is 9.35. The lowest BCUT2D eigenvalue weighted by Crippen LogP contribution is -2.47. The molecule has 3 saturated heterocycles. The Hall–Kier alpha value is -2.49. The van der Waals surface area contributed by atoms with E-state index in [2.05, 4.69) is 15.1 Å². The Morgan fingerprint density at radius 2 is 1.81 bits per heavy atom. The van der Waals surface area contributed by atoms with E-state index < -0.39 is 17.9 Å². The predicted octanol–water partition coefficient (Wildman–Crippen LogP) is 1.11. The Bertz CT molecular complexity index is 1060. The highest BCUT2D eigenvalue weighted by Gasteiger charge is 2.53. The van der Waals surface area contributed by atoms with Gasteiger partial charge in [-0.2, -0.15) is 0 Å². The number of ketones is 1. The highest BCUT2D eigenvalue weighted by Crippen LogP contribution is 2.43. The number of carbonyl (C=O) groups excluding carboxylic acids is 3. The number of nitrogens with zero attached hydrogens (tertiary/aromatic N) is 3. The largest absolute Gasteiger partial charge is 0.369 e. The number of Topliss-reactive ketones (excluding diaryl/α,β-unsaturated/α-hetero) is 1. The second kappa shape index (κ2) is 10.0. The number of ether oxygens (including phenoxy) is 1. The van der Waals surface area contributed by atoms with E-state index in [1.807, 2.05) is 25.2 Å². The third-order valence-electron chi connectivity index (χ3n) is 9.35. The maximum Gasteiger partial charge on any atom is 0.249 e. The van der Waals surface area contributed by atoms with Crippen LogP contribution in [0.1, 0.15) is 60.4 Å². The van der Waals surface area contributed by atoms with Gasteiger partial charge in [-0.3, -0.25) is 19.3 Å². The smallest absolute Gasteiger partial charge is 0.249 e. The summed E-state index contributed by atoms with van der Waals surface area (Å²) in [7, 11) is 1.84. The molecule has 4 atom stereocenters. The van der Waals surface area contributed by atoms with Gasteiger partial charge in [0.2, 0.25) is 11.8 Å². The summed E-state index contributed by atoms with van der Waals surface area (Å²) < 4.78 is 5.78. The molecule has 0 unspecified atom stereocenters. The summed E-state index contributed by atoms with van der Waals surface area (Å²) >= 11 is 0. The highest BCUT2D eigenvalue weighted by atomic mass is 16.5. The molecule has 3 aliphatic heterocycles. The van der Waals surface area contributed by atoms with Gasteiger partial charge in [-0.15, -0.1) is 0 Å². The zero-order valence-corrected chi connectivity index (χ0v) is 21.7. The van der Waals surface area contributed by atoms with Crippen LogP contribution in [0.25, 0.3) is 0 Å². The molecule has 37 heavy (non-hydrogen) atoms. The van der Waals surface area contributed by atoms with Crippen molar-refractivity contribution in [2.45, 2.75) is 68.7 Å². The van der Waals surface area contributed by atoms with Gasteiger partial charge >= 0.3 is 0 Å². The van der Waals surface area contributed by atoms with Crippen LogP contribution in [-0.4, -0.2) is 98.0 Å². The second-order valence-electron chi connectivity index (χ2n) is 11.5. The van der Waals surface area contributed by atoms with Gasteiger partial charge in [0, 0.05) is 50.0 Å². The number of rotatable bonds is 7. The number of nitrogens with two attached hydrogens (primary N) is 1. The Morgan fingerprint density at radius 3 is 2.46 bits per heavy atom. The minimum absolute atomic E-state index is 0.0419. The number of nitrogens with one attached hydrogen (secondary N) is 1. The molecule has 1 aromatic carbocycles. The van der Waals surface area contributed by atoms with Crippen molar-refractivity contribution in [3.63, 3.8) is 0 Å². The third kappa shape index (κ3) is 4.55. The van der Waals surface area contributed by atoms with Crippen molar-refractivity contribution in [3.8, 4) is 0 Å². The first-order valence-electron chi connectivity index (χ1n) is 14.0. The van der Waals surface area contributed by atoms with E-state index in [0.717, 1.165) is 69.2 Å². The van der Waals surface area contributed by atoms with Gasteiger partial charge in [0.15, 0.2) is 5.78 Å². The quantitative estimate of drug-likeness (QED) is 0.567. The zero-order valence-electron chi connectivity index (χ0n) is 21.7. The number of carbonyl (C=O) groups is 3. The first-order valence-corrected chi connectivity index (χ1v) is 14.0. The summed E-state index contributed by atoms with van der Waals surface area (Å²) in [4.78, 5) is 46.5. The van der Waals surface area contributed by atoms with Crippen LogP contribution < -0.4 is 16.0 Å². The lowest BCUT2D eigenvalue weighted by Gasteiger charge is -2.37. The molecule has 0 aromatic heterocycles. The van der Waals surface area contributed by atoms with Crippen molar-refractivity contribution in [3.05, 3.63) is 29.3 Å². The molecule has 9 nitrogen and oxygen atoms in total. The van der Waals surface area contributed by atoms with Crippen LogP contribution in [-0.2, 0) is 14.3 Å². The molecule has 0 spiro atoms. The van der Waals surface area contributed by atoms with Crippen LogP contribution in [0.2, 0.25) is 0 Å². The van der Waals surface area contributed by atoms with Gasteiger partial charge in [0.1, 0.15) is 18.8 Å². The van der Waals surface area contributed by atoms with Crippen molar-refractivity contribution < 1.29 is 19.1 Å². The van der Waals surface area contributed by atoms with Gasteiger partial charge in [-0.05, 0) is 62.4 Å². The monoisotopic (exact) mass is 509 g/mol. The summed E-state index contributed by atoms with van der Waals surface area (Å²) in [5.74, 6) is -1.00. The van der Waals surface area contributed by atoms with Crippen molar-refractivity contribution in [2.24, 2.45) is 11.7 Å². The fourth-order valence-corrected chi connectivity index (χ4v) is 7.21. The Morgan fingerprint density at radius 1 is 1.08 bits per heavy atom. The van der Waals surface area contributed by atoms with Gasteiger partial charge in [-0.1, -0.05) is 12.8 Å². The standard InChI is InChI=1S/C28H39N5O4/c1-30-22-15-33(25-23(34)16-37-26(22)25)28(36)24(17-4-2-3-5-17)21-14-19(8-9-20(21)27(29)35)32-12-10-31(11-13-32)18-6-7-18/h8-9,14,17-18,22,24-26,30H,2-7,10-13,15-16H2,1H3,(H2,29,35)/t22-,24-,25+,26+/m0/s1. The first-order chi connectivity index (χ1) is 18.0. The van der Waals surface area contributed by atoms with Gasteiger partial charge in [0.05, 0.1) is 12.0 Å². The minimum atomic E-state index is -0.565. The molecule has 2 aliphatic carbocycles. The molecule has 0 radical (unpaired) electrons. The van der Waals surface area contributed by atoms with E-state index in [1.165, 1.54) is 12.8 Å². The van der Waals surface area contributed by atoms with Gasteiger partial charge < -0.3 is 25.6 Å². The fraction of sp³-hybridized carbons (Fsp3) is 0.679. The molecule has 2 amide bonds. The van der Waals surface area contributed by atoms with Crippen LogP contribution in [0.15, 0.2) is 18.2 Å². The maximum atomic E-state index is 14.4. The van der Waals surface area contributed by atoms with E-state index in [-0.39, 0.29) is 36.4 Å². The molecular weight excluding hydrogens is 470 g/mol. The van der Waals surface area contributed by atoms with Crippen molar-refractivity contribution in [1.29, 1.82) is 0 Å². The average Bonchev–Trinajstić information content (AvgIpc) is 3.30. The lowest BCUT2D eigenvalue weighted by atomic mass is 9.80. The number of hydrogen-bond donors (Lipinski definition) is 2.